The summed E-state index contributed by atoms with van der Waals surface area (Å²) in [5.41, 5.74) is 7.43. The van der Waals surface area contributed by atoms with Gasteiger partial charge in [-0.3, -0.25) is 4.79 Å². The summed E-state index contributed by atoms with van der Waals surface area (Å²) in [6, 6.07) is 11.6. The van der Waals surface area contributed by atoms with E-state index >= 15 is 0 Å². The average molecular weight is 559 g/mol. The molecule has 0 aliphatic heterocycles. The van der Waals surface area contributed by atoms with Gasteiger partial charge >= 0.3 is 0 Å². The number of anilines is 1. The Kier molecular flexibility index (Phi) is 7.79. The third-order valence-electron chi connectivity index (χ3n) is 6.41. The van der Waals surface area contributed by atoms with Gasteiger partial charge in [0, 0.05) is 15.9 Å². The lowest BCUT2D eigenvalue weighted by Crippen LogP contribution is -2.32. The summed E-state index contributed by atoms with van der Waals surface area (Å²) in [4.78, 5) is 22.0. The first-order chi connectivity index (χ1) is 18.2. The number of carbonyl (C=O) groups is 1. The van der Waals surface area contributed by atoms with Crippen molar-refractivity contribution in [3.05, 3.63) is 71.7 Å². The van der Waals surface area contributed by atoms with Gasteiger partial charge in [0.2, 0.25) is 0 Å². The van der Waals surface area contributed by atoms with Crippen molar-refractivity contribution in [3.63, 3.8) is 0 Å². The molecule has 3 aromatic rings. The quantitative estimate of drug-likeness (QED) is 0.337. The van der Waals surface area contributed by atoms with E-state index in [-0.39, 0.29) is 37.9 Å². The Hall–Kier alpha value is -3.79. The van der Waals surface area contributed by atoms with Gasteiger partial charge in [0.1, 0.15) is 17.4 Å². The highest BCUT2D eigenvalue weighted by atomic mass is 32.2. The summed E-state index contributed by atoms with van der Waals surface area (Å²) in [6.07, 6.45) is 2.87. The fourth-order valence-electron chi connectivity index (χ4n) is 4.76. The number of nitrogen functional groups attached to an aromatic ring is 1. The summed E-state index contributed by atoms with van der Waals surface area (Å²) in [6.45, 7) is 10.6. The van der Waals surface area contributed by atoms with Crippen LogP contribution in [0.1, 0.15) is 61.4 Å². The van der Waals surface area contributed by atoms with Crippen molar-refractivity contribution in [2.24, 2.45) is 17.3 Å². The standard InChI is InChI=1S/C29H33FN4O4S.3H2/c1-17(2)16-38-21-13-19(12-20(30)14-21)24-10-9-22(27(32-24)23-11-18(3)15-29(23,4)5)28(35)34-39(36,37)26-8-6-7-25(31)33-26;;;/h6-14,17-18H,15-16H2,1-5H3,(H2,31,33)(H,34,35);3*1H. The summed E-state index contributed by atoms with van der Waals surface area (Å²) < 4.78 is 48.2. The third kappa shape index (κ3) is 6.44. The molecule has 1 aliphatic carbocycles. The molecule has 2 aromatic heterocycles. The minimum Gasteiger partial charge on any atom is -0.493 e. The molecule has 39 heavy (non-hydrogen) atoms. The number of sulfonamides is 1. The number of allylic oxidation sites excluding steroid dienone is 2. The summed E-state index contributed by atoms with van der Waals surface area (Å²) in [7, 11) is -4.30. The zero-order valence-electron chi connectivity index (χ0n) is 22.7. The van der Waals surface area contributed by atoms with Crippen LogP contribution in [0.2, 0.25) is 0 Å². The summed E-state index contributed by atoms with van der Waals surface area (Å²) >= 11 is 0. The number of carbonyl (C=O) groups excluding carboxylic acids is 1. The number of hydrogen-bond acceptors (Lipinski definition) is 7. The molecule has 0 bridgehead atoms. The molecule has 1 unspecified atom stereocenters. The molecule has 0 radical (unpaired) electrons. The molecular formula is C29H39FN4O4S. The number of aromatic nitrogens is 2. The van der Waals surface area contributed by atoms with Crippen molar-refractivity contribution >= 4 is 27.3 Å². The number of benzene rings is 1. The van der Waals surface area contributed by atoms with Crippen LogP contribution in [0.15, 0.2) is 59.6 Å². The average Bonchev–Trinajstić information content (AvgIpc) is 3.13. The van der Waals surface area contributed by atoms with E-state index in [1.807, 2.05) is 33.8 Å². The van der Waals surface area contributed by atoms with Crippen molar-refractivity contribution in [1.82, 2.24) is 14.7 Å². The predicted molar refractivity (Wildman–Crippen MR) is 155 cm³/mol. The van der Waals surface area contributed by atoms with Gasteiger partial charge in [-0.25, -0.2) is 19.1 Å². The van der Waals surface area contributed by atoms with E-state index in [2.05, 4.69) is 16.6 Å². The Morgan fingerprint density at radius 1 is 1.21 bits per heavy atom. The molecule has 2 heterocycles. The lowest BCUT2D eigenvalue weighted by atomic mass is 9.82. The van der Waals surface area contributed by atoms with Gasteiger partial charge in [0.25, 0.3) is 15.9 Å². The second-order valence-electron chi connectivity index (χ2n) is 11.0. The maximum atomic E-state index is 14.5. The summed E-state index contributed by atoms with van der Waals surface area (Å²) in [5.74, 6) is -0.469. The molecular weight excluding hydrogens is 519 g/mol. The van der Waals surface area contributed by atoms with E-state index in [4.69, 9.17) is 15.5 Å². The smallest absolute Gasteiger partial charge is 0.281 e. The topological polar surface area (TPSA) is 124 Å². The molecule has 212 valence electrons. The van der Waals surface area contributed by atoms with Crippen LogP contribution in [0, 0.1) is 23.1 Å². The van der Waals surface area contributed by atoms with Crippen LogP contribution in [0.3, 0.4) is 0 Å². The van der Waals surface area contributed by atoms with Gasteiger partial charge in [-0.2, -0.15) is 8.42 Å². The number of hydrogen-bond donors (Lipinski definition) is 2. The number of rotatable bonds is 8. The molecule has 0 fully saturated rings. The van der Waals surface area contributed by atoms with Crippen molar-refractivity contribution in [3.8, 4) is 17.0 Å². The maximum absolute atomic E-state index is 14.5. The molecule has 8 nitrogen and oxygen atoms in total. The first-order valence-corrected chi connectivity index (χ1v) is 14.2. The Morgan fingerprint density at radius 3 is 2.59 bits per heavy atom. The second-order valence-corrected chi connectivity index (χ2v) is 12.6. The van der Waals surface area contributed by atoms with Crippen molar-refractivity contribution in [2.75, 3.05) is 12.3 Å². The SMILES string of the molecule is CC(C)COc1cc(F)cc(-c2ccc(C(=O)NS(=O)(=O)c3cccc(N)n3)c(C3=CC(C)CC3(C)C)n2)c1.[HH].[HH].[HH]. The number of halogens is 1. The van der Waals surface area contributed by atoms with Crippen LogP contribution in [-0.4, -0.2) is 30.9 Å². The Bertz CT molecular complexity index is 1570. The molecule has 1 aliphatic rings. The number of nitrogens with zero attached hydrogens (tertiary/aromatic N) is 2. The number of pyridine rings is 2. The number of nitrogens with one attached hydrogen (secondary N) is 1. The van der Waals surface area contributed by atoms with E-state index in [1.54, 1.807) is 12.1 Å². The zero-order valence-corrected chi connectivity index (χ0v) is 23.5. The van der Waals surface area contributed by atoms with Gasteiger partial charge < -0.3 is 10.5 Å². The Balaban J connectivity index is 0.00000294. The molecule has 4 rings (SSSR count). The van der Waals surface area contributed by atoms with E-state index in [9.17, 15) is 17.6 Å². The van der Waals surface area contributed by atoms with E-state index < -0.39 is 21.7 Å². The van der Waals surface area contributed by atoms with Gasteiger partial charge in [0.15, 0.2) is 5.03 Å². The van der Waals surface area contributed by atoms with Crippen LogP contribution in [-0.2, 0) is 10.0 Å². The van der Waals surface area contributed by atoms with Crippen molar-refractivity contribution in [1.29, 1.82) is 0 Å². The molecule has 3 N–H and O–H groups in total. The molecule has 0 saturated carbocycles. The van der Waals surface area contributed by atoms with E-state index in [1.165, 1.54) is 36.4 Å². The van der Waals surface area contributed by atoms with E-state index in [0.717, 1.165) is 12.0 Å². The van der Waals surface area contributed by atoms with Crippen molar-refractivity contribution in [2.45, 2.75) is 46.1 Å². The highest BCUT2D eigenvalue weighted by Crippen LogP contribution is 2.47. The normalized spacial score (nSPS) is 16.7. The number of amides is 1. The fourth-order valence-corrected chi connectivity index (χ4v) is 5.70. The Morgan fingerprint density at radius 2 is 1.95 bits per heavy atom. The molecule has 0 saturated heterocycles. The second kappa shape index (κ2) is 10.8. The van der Waals surface area contributed by atoms with Gasteiger partial charge in [-0.15, -0.1) is 0 Å². The maximum Gasteiger partial charge on any atom is 0.281 e. The highest BCUT2D eigenvalue weighted by Gasteiger charge is 2.35. The first-order valence-electron chi connectivity index (χ1n) is 12.7. The van der Waals surface area contributed by atoms with E-state index in [0.29, 0.717) is 29.3 Å². The monoisotopic (exact) mass is 558 g/mol. The largest absolute Gasteiger partial charge is 0.493 e. The van der Waals surface area contributed by atoms with Gasteiger partial charge in [0.05, 0.1) is 23.6 Å². The molecule has 10 heteroatoms. The van der Waals surface area contributed by atoms with Crippen LogP contribution in [0.5, 0.6) is 5.75 Å². The van der Waals surface area contributed by atoms with Crippen LogP contribution >= 0.6 is 0 Å². The lowest BCUT2D eigenvalue weighted by molar-refractivity contribution is 0.0980. The Labute approximate surface area is 233 Å². The minimum absolute atomic E-state index is 0. The van der Waals surface area contributed by atoms with Crippen LogP contribution in [0.25, 0.3) is 16.8 Å². The third-order valence-corrected chi connectivity index (χ3v) is 7.64. The minimum atomic E-state index is -4.30. The fraction of sp³-hybridized carbons (Fsp3) is 0.345. The van der Waals surface area contributed by atoms with Crippen LogP contribution in [0.4, 0.5) is 10.2 Å². The van der Waals surface area contributed by atoms with Gasteiger partial charge in [-0.1, -0.05) is 46.8 Å². The van der Waals surface area contributed by atoms with Crippen molar-refractivity contribution < 1.29 is 26.6 Å². The molecule has 1 amide bonds. The zero-order chi connectivity index (χ0) is 28.5. The van der Waals surface area contributed by atoms with Crippen LogP contribution < -0.4 is 15.2 Å². The van der Waals surface area contributed by atoms with Gasteiger partial charge in [-0.05, 0) is 65.6 Å². The number of ether oxygens (including phenoxy) is 1. The molecule has 0 spiro atoms. The predicted octanol–water partition coefficient (Wildman–Crippen LogP) is 6.21. The summed E-state index contributed by atoms with van der Waals surface area (Å²) in [5, 5.41) is -0.371. The molecule has 1 atom stereocenters. The molecule has 1 aromatic carbocycles. The highest BCUT2D eigenvalue weighted by molar-refractivity contribution is 7.90. The number of nitrogens with two attached hydrogens (primary N) is 1. The first kappa shape index (κ1) is 28.2. The lowest BCUT2D eigenvalue weighted by Gasteiger charge is -2.24.